The summed E-state index contributed by atoms with van der Waals surface area (Å²) in [7, 11) is 0. The average molecular weight is 325 g/mol. The van der Waals surface area contributed by atoms with Gasteiger partial charge in [0.1, 0.15) is 6.07 Å². The first-order valence-electron chi connectivity index (χ1n) is 8.31. The van der Waals surface area contributed by atoms with E-state index in [4.69, 9.17) is 10.2 Å². The van der Waals surface area contributed by atoms with Crippen molar-refractivity contribution in [3.05, 3.63) is 33.4 Å². The summed E-state index contributed by atoms with van der Waals surface area (Å²) in [5.41, 5.74) is 1.72. The second-order valence-electron chi connectivity index (χ2n) is 6.30. The van der Waals surface area contributed by atoms with Gasteiger partial charge in [0, 0.05) is 23.9 Å². The minimum atomic E-state index is 0.370. The second kappa shape index (κ2) is 6.25. The van der Waals surface area contributed by atoms with Gasteiger partial charge in [-0.3, -0.25) is 0 Å². The fourth-order valence-corrected chi connectivity index (χ4v) is 4.77. The van der Waals surface area contributed by atoms with Crippen LogP contribution in [0.4, 0.5) is 5.82 Å². The molecule has 118 valence electrons. The molecule has 0 spiro atoms. The molecule has 5 nitrogen and oxygen atoms in total. The van der Waals surface area contributed by atoms with Crippen LogP contribution < -0.4 is 4.90 Å². The van der Waals surface area contributed by atoms with Crippen LogP contribution in [-0.2, 0) is 12.8 Å². The second-order valence-corrected chi connectivity index (χ2v) is 7.42. The molecule has 2 aromatic heterocycles. The van der Waals surface area contributed by atoms with E-state index in [1.54, 1.807) is 6.07 Å². The van der Waals surface area contributed by atoms with Gasteiger partial charge in [-0.25, -0.2) is 4.98 Å². The van der Waals surface area contributed by atoms with Gasteiger partial charge < -0.3 is 4.90 Å². The number of thiazole rings is 1. The standard InChI is InChI=1S/C17H19N5S/c18-10-13-7-8-16(21-20-13)22-9-3-4-12(11-22)17-19-14-5-1-2-6-15(14)23-17/h7-8,12H,1-6,9,11H2. The van der Waals surface area contributed by atoms with Crippen LogP contribution in [-0.4, -0.2) is 28.3 Å². The summed E-state index contributed by atoms with van der Waals surface area (Å²) in [4.78, 5) is 8.74. The molecule has 0 radical (unpaired) electrons. The van der Waals surface area contributed by atoms with Crippen LogP contribution in [0.3, 0.4) is 0 Å². The fourth-order valence-electron chi connectivity index (χ4n) is 3.49. The van der Waals surface area contributed by atoms with Crippen molar-refractivity contribution >= 4 is 17.2 Å². The number of anilines is 1. The summed E-state index contributed by atoms with van der Waals surface area (Å²) in [6.07, 6.45) is 7.32. The molecule has 0 saturated carbocycles. The maximum absolute atomic E-state index is 8.84. The van der Waals surface area contributed by atoms with E-state index in [0.29, 0.717) is 11.6 Å². The molecule has 0 aromatic carbocycles. The Morgan fingerprint density at radius 3 is 2.87 bits per heavy atom. The molecule has 23 heavy (non-hydrogen) atoms. The normalized spacial score (nSPS) is 20.8. The van der Waals surface area contributed by atoms with Crippen molar-refractivity contribution in [3.63, 3.8) is 0 Å². The summed E-state index contributed by atoms with van der Waals surface area (Å²) < 4.78 is 0. The third kappa shape index (κ3) is 2.93. The van der Waals surface area contributed by atoms with Gasteiger partial charge in [-0.15, -0.1) is 21.5 Å². The van der Waals surface area contributed by atoms with E-state index in [0.717, 1.165) is 31.7 Å². The summed E-state index contributed by atoms with van der Waals surface area (Å²) in [6, 6.07) is 5.67. The van der Waals surface area contributed by atoms with E-state index in [9.17, 15) is 0 Å². The van der Waals surface area contributed by atoms with Gasteiger partial charge in [0.15, 0.2) is 11.5 Å². The lowest BCUT2D eigenvalue weighted by Gasteiger charge is -2.32. The van der Waals surface area contributed by atoms with E-state index >= 15 is 0 Å². The predicted octanol–water partition coefficient (Wildman–Crippen LogP) is 3.07. The number of hydrogen-bond donors (Lipinski definition) is 0. The molecule has 2 aromatic rings. The summed E-state index contributed by atoms with van der Waals surface area (Å²) >= 11 is 1.93. The first kappa shape index (κ1) is 14.6. The summed E-state index contributed by atoms with van der Waals surface area (Å²) in [6.45, 7) is 1.95. The van der Waals surface area contributed by atoms with Crippen LogP contribution in [0.5, 0.6) is 0 Å². The Morgan fingerprint density at radius 2 is 2.09 bits per heavy atom. The van der Waals surface area contributed by atoms with E-state index in [1.165, 1.54) is 41.3 Å². The predicted molar refractivity (Wildman–Crippen MR) is 89.7 cm³/mol. The van der Waals surface area contributed by atoms with Gasteiger partial charge in [0.25, 0.3) is 0 Å². The molecule has 6 heteroatoms. The third-order valence-electron chi connectivity index (χ3n) is 4.72. The first-order chi connectivity index (χ1) is 11.3. The third-order valence-corrected chi connectivity index (χ3v) is 6.04. The van der Waals surface area contributed by atoms with Crippen molar-refractivity contribution in [2.45, 2.75) is 44.4 Å². The SMILES string of the molecule is N#Cc1ccc(N2CCCC(c3nc4c(s3)CCCC4)C2)nn1. The quantitative estimate of drug-likeness (QED) is 0.849. The zero-order chi connectivity index (χ0) is 15.6. The van der Waals surface area contributed by atoms with Gasteiger partial charge in [-0.05, 0) is 50.7 Å². The van der Waals surface area contributed by atoms with Gasteiger partial charge in [-0.2, -0.15) is 5.26 Å². The monoisotopic (exact) mass is 325 g/mol. The Kier molecular flexibility index (Phi) is 3.96. The number of aryl methyl sites for hydroxylation is 2. The van der Waals surface area contributed by atoms with Crippen LogP contribution >= 0.6 is 11.3 Å². The van der Waals surface area contributed by atoms with Crippen molar-refractivity contribution in [1.82, 2.24) is 15.2 Å². The molecule has 1 unspecified atom stereocenters. The number of hydrogen-bond acceptors (Lipinski definition) is 6. The van der Waals surface area contributed by atoms with Crippen LogP contribution in [0.25, 0.3) is 0 Å². The van der Waals surface area contributed by atoms with Crippen molar-refractivity contribution in [2.24, 2.45) is 0 Å². The molecular weight excluding hydrogens is 306 g/mol. The van der Waals surface area contributed by atoms with E-state index in [1.807, 2.05) is 23.5 Å². The Hall–Kier alpha value is -2.00. The first-order valence-corrected chi connectivity index (χ1v) is 9.12. The number of piperidine rings is 1. The van der Waals surface area contributed by atoms with Crippen molar-refractivity contribution < 1.29 is 0 Å². The maximum Gasteiger partial charge on any atom is 0.163 e. The van der Waals surface area contributed by atoms with Crippen molar-refractivity contribution in [2.75, 3.05) is 18.0 Å². The fraction of sp³-hybridized carbons (Fsp3) is 0.529. The lowest BCUT2D eigenvalue weighted by Crippen LogP contribution is -2.35. The Bertz CT molecular complexity index is 707. The molecule has 0 N–H and O–H groups in total. The van der Waals surface area contributed by atoms with Crippen molar-refractivity contribution in [3.8, 4) is 6.07 Å². The molecule has 3 heterocycles. The maximum atomic E-state index is 8.84. The lowest BCUT2D eigenvalue weighted by atomic mass is 9.98. The summed E-state index contributed by atoms with van der Waals surface area (Å²) in [5.74, 6) is 1.37. The summed E-state index contributed by atoms with van der Waals surface area (Å²) in [5, 5.41) is 18.3. The van der Waals surface area contributed by atoms with Crippen LogP contribution in [0, 0.1) is 11.3 Å². The van der Waals surface area contributed by atoms with Crippen molar-refractivity contribution in [1.29, 1.82) is 5.26 Å². The Labute approximate surface area is 140 Å². The topological polar surface area (TPSA) is 65.7 Å². The van der Waals surface area contributed by atoms with Crippen LogP contribution in [0.15, 0.2) is 12.1 Å². The molecule has 0 amide bonds. The number of nitrogens with zero attached hydrogens (tertiary/aromatic N) is 5. The van der Waals surface area contributed by atoms with E-state index < -0.39 is 0 Å². The largest absolute Gasteiger partial charge is 0.354 e. The van der Waals surface area contributed by atoms with Gasteiger partial charge in [0.2, 0.25) is 0 Å². The van der Waals surface area contributed by atoms with Crippen LogP contribution in [0.1, 0.15) is 52.9 Å². The number of nitriles is 1. The highest BCUT2D eigenvalue weighted by molar-refractivity contribution is 7.11. The highest BCUT2D eigenvalue weighted by Crippen LogP contribution is 2.35. The minimum Gasteiger partial charge on any atom is -0.354 e. The zero-order valence-electron chi connectivity index (χ0n) is 13.0. The lowest BCUT2D eigenvalue weighted by molar-refractivity contribution is 0.503. The average Bonchev–Trinajstić information content (AvgIpc) is 3.06. The number of rotatable bonds is 2. The van der Waals surface area contributed by atoms with Gasteiger partial charge >= 0.3 is 0 Å². The molecule has 0 bridgehead atoms. The molecule has 1 saturated heterocycles. The molecule has 1 fully saturated rings. The molecule has 4 rings (SSSR count). The highest BCUT2D eigenvalue weighted by atomic mass is 32.1. The molecule has 1 aliphatic heterocycles. The number of fused-ring (bicyclic) bond motifs is 1. The Morgan fingerprint density at radius 1 is 1.17 bits per heavy atom. The van der Waals surface area contributed by atoms with Gasteiger partial charge in [-0.1, -0.05) is 0 Å². The smallest absolute Gasteiger partial charge is 0.163 e. The van der Waals surface area contributed by atoms with Crippen LogP contribution in [0.2, 0.25) is 0 Å². The minimum absolute atomic E-state index is 0.370. The molecular formula is C17H19N5S. The molecule has 2 aliphatic rings. The van der Waals surface area contributed by atoms with E-state index in [-0.39, 0.29) is 0 Å². The zero-order valence-corrected chi connectivity index (χ0v) is 13.8. The highest BCUT2D eigenvalue weighted by Gasteiger charge is 2.26. The number of aromatic nitrogens is 3. The molecule has 1 aliphatic carbocycles. The Balaban J connectivity index is 1.52. The van der Waals surface area contributed by atoms with Gasteiger partial charge in [0.05, 0.1) is 10.7 Å². The molecule has 1 atom stereocenters. The van der Waals surface area contributed by atoms with E-state index in [2.05, 4.69) is 15.1 Å².